The summed E-state index contributed by atoms with van der Waals surface area (Å²) in [6.45, 7) is 5.40. The first kappa shape index (κ1) is 14.6. The lowest BCUT2D eigenvalue weighted by Gasteiger charge is -2.31. The van der Waals surface area contributed by atoms with Crippen molar-refractivity contribution in [1.82, 2.24) is 0 Å². The molecule has 0 bridgehead atoms. The van der Waals surface area contributed by atoms with E-state index >= 15 is 0 Å². The zero-order valence-corrected chi connectivity index (χ0v) is 12.5. The highest BCUT2D eigenvalue weighted by atomic mass is 35.5. The van der Waals surface area contributed by atoms with Gasteiger partial charge in [-0.15, -0.1) is 0 Å². The first-order valence-electron chi connectivity index (χ1n) is 6.89. The van der Waals surface area contributed by atoms with Crippen molar-refractivity contribution in [2.75, 3.05) is 33.3 Å². The lowest BCUT2D eigenvalue weighted by molar-refractivity contribution is -0.900. The predicted octanol–water partition coefficient (Wildman–Crippen LogP) is 2.63. The lowest BCUT2D eigenvalue weighted by Crippen LogP contribution is -2.47. The van der Waals surface area contributed by atoms with E-state index in [-0.39, 0.29) is 0 Å². The van der Waals surface area contributed by atoms with Gasteiger partial charge in [-0.05, 0) is 30.7 Å². The Kier molecular flexibility index (Phi) is 4.71. The third-order valence-corrected chi connectivity index (χ3v) is 4.10. The molecule has 2 rings (SSSR count). The molecule has 1 aliphatic heterocycles. The highest BCUT2D eigenvalue weighted by Crippen LogP contribution is 2.22. The SMILES string of the molecule is Cc1cc(Cl)ccc1OCC(O)C[N+]1(C)CCCC1. The van der Waals surface area contributed by atoms with Crippen LogP contribution < -0.4 is 4.74 Å². The third-order valence-electron chi connectivity index (χ3n) is 3.87. The molecule has 1 atom stereocenters. The Bertz CT molecular complexity index is 430. The number of likely N-dealkylation sites (N-methyl/N-ethyl adjacent to an activating group) is 1. The van der Waals surface area contributed by atoms with Crippen molar-refractivity contribution >= 4 is 11.6 Å². The zero-order chi connectivity index (χ0) is 13.9. The molecule has 1 aromatic rings. The smallest absolute Gasteiger partial charge is 0.137 e. The zero-order valence-electron chi connectivity index (χ0n) is 11.7. The molecular weight excluding hydrogens is 262 g/mol. The minimum absolute atomic E-state index is 0.344. The summed E-state index contributed by atoms with van der Waals surface area (Å²) in [6.07, 6.45) is 2.11. The van der Waals surface area contributed by atoms with Gasteiger partial charge in [-0.2, -0.15) is 0 Å². The Balaban J connectivity index is 1.84. The summed E-state index contributed by atoms with van der Waals surface area (Å²) in [4.78, 5) is 0. The van der Waals surface area contributed by atoms with Crippen LogP contribution in [0.15, 0.2) is 18.2 Å². The largest absolute Gasteiger partial charge is 0.490 e. The van der Waals surface area contributed by atoms with E-state index in [2.05, 4.69) is 7.05 Å². The number of benzene rings is 1. The van der Waals surface area contributed by atoms with Gasteiger partial charge in [0.05, 0.1) is 20.1 Å². The summed E-state index contributed by atoms with van der Waals surface area (Å²) in [5.74, 6) is 0.799. The van der Waals surface area contributed by atoms with Crippen LogP contribution in [0, 0.1) is 6.92 Å². The third kappa shape index (κ3) is 4.10. The van der Waals surface area contributed by atoms with Crippen LogP contribution in [0.25, 0.3) is 0 Å². The van der Waals surface area contributed by atoms with Crippen LogP contribution >= 0.6 is 11.6 Å². The molecule has 1 saturated heterocycles. The second-order valence-electron chi connectivity index (χ2n) is 5.83. The van der Waals surface area contributed by atoms with Crippen LogP contribution in [0.4, 0.5) is 0 Å². The molecule has 1 aliphatic rings. The topological polar surface area (TPSA) is 29.5 Å². The second kappa shape index (κ2) is 6.12. The molecule has 1 unspecified atom stereocenters. The standard InChI is InChI=1S/C15H23ClNO2/c1-12-9-13(16)5-6-15(12)19-11-14(18)10-17(2)7-3-4-8-17/h5-6,9,14,18H,3-4,7-8,10-11H2,1-2H3/q+1. The number of aryl methyl sites for hydroxylation is 1. The Hall–Kier alpha value is -0.770. The highest BCUT2D eigenvalue weighted by Gasteiger charge is 2.29. The van der Waals surface area contributed by atoms with Crippen molar-refractivity contribution in [3.63, 3.8) is 0 Å². The first-order valence-corrected chi connectivity index (χ1v) is 7.27. The van der Waals surface area contributed by atoms with Crippen LogP contribution in [0.3, 0.4) is 0 Å². The van der Waals surface area contributed by atoms with Gasteiger partial charge in [0, 0.05) is 17.9 Å². The van der Waals surface area contributed by atoms with Crippen molar-refractivity contribution < 1.29 is 14.3 Å². The summed E-state index contributed by atoms with van der Waals surface area (Å²) in [7, 11) is 2.21. The summed E-state index contributed by atoms with van der Waals surface area (Å²) >= 11 is 5.90. The van der Waals surface area contributed by atoms with E-state index in [1.54, 1.807) is 0 Å². The molecule has 0 amide bonds. The fourth-order valence-corrected chi connectivity index (χ4v) is 3.03. The molecular formula is C15H23ClNO2+. The van der Waals surface area contributed by atoms with Crippen LogP contribution in [0.1, 0.15) is 18.4 Å². The van der Waals surface area contributed by atoms with Crippen LogP contribution in [-0.2, 0) is 0 Å². The van der Waals surface area contributed by atoms with Gasteiger partial charge >= 0.3 is 0 Å². The molecule has 106 valence electrons. The number of hydrogen-bond acceptors (Lipinski definition) is 2. The molecule has 0 spiro atoms. The highest BCUT2D eigenvalue weighted by molar-refractivity contribution is 6.30. The average Bonchev–Trinajstić information content (AvgIpc) is 2.74. The number of hydrogen-bond donors (Lipinski definition) is 1. The molecule has 0 radical (unpaired) electrons. The van der Waals surface area contributed by atoms with E-state index in [0.717, 1.165) is 35.4 Å². The summed E-state index contributed by atoms with van der Waals surface area (Å²) < 4.78 is 6.65. The van der Waals surface area contributed by atoms with Gasteiger partial charge in [-0.3, -0.25) is 0 Å². The number of halogens is 1. The van der Waals surface area contributed by atoms with E-state index in [1.807, 2.05) is 25.1 Å². The number of aliphatic hydroxyl groups excluding tert-OH is 1. The monoisotopic (exact) mass is 284 g/mol. The molecule has 1 heterocycles. The van der Waals surface area contributed by atoms with E-state index in [4.69, 9.17) is 16.3 Å². The molecule has 0 aromatic heterocycles. The molecule has 1 aromatic carbocycles. The quantitative estimate of drug-likeness (QED) is 0.843. The van der Waals surface area contributed by atoms with Gasteiger partial charge in [0.25, 0.3) is 0 Å². The average molecular weight is 285 g/mol. The fourth-order valence-electron chi connectivity index (χ4n) is 2.80. The Morgan fingerprint density at radius 1 is 1.37 bits per heavy atom. The molecule has 19 heavy (non-hydrogen) atoms. The van der Waals surface area contributed by atoms with Crippen molar-refractivity contribution in [1.29, 1.82) is 0 Å². The number of likely N-dealkylation sites (tertiary alicyclic amines) is 1. The summed E-state index contributed by atoms with van der Waals surface area (Å²) in [5.41, 5.74) is 1.00. The summed E-state index contributed by atoms with van der Waals surface area (Å²) in [6, 6.07) is 5.54. The minimum atomic E-state index is -0.418. The van der Waals surface area contributed by atoms with Crippen LogP contribution in [-0.4, -0.2) is 49.0 Å². The van der Waals surface area contributed by atoms with Crippen molar-refractivity contribution in [2.45, 2.75) is 25.9 Å². The second-order valence-corrected chi connectivity index (χ2v) is 6.27. The van der Waals surface area contributed by atoms with Crippen LogP contribution in [0.2, 0.25) is 5.02 Å². The van der Waals surface area contributed by atoms with Crippen LogP contribution in [0.5, 0.6) is 5.75 Å². The van der Waals surface area contributed by atoms with Gasteiger partial charge in [-0.1, -0.05) is 11.6 Å². The number of aliphatic hydroxyl groups is 1. The maximum Gasteiger partial charge on any atom is 0.137 e. The first-order chi connectivity index (χ1) is 8.98. The van der Waals surface area contributed by atoms with E-state index in [1.165, 1.54) is 12.8 Å². The molecule has 0 saturated carbocycles. The van der Waals surface area contributed by atoms with Crippen molar-refractivity contribution in [3.05, 3.63) is 28.8 Å². The maximum atomic E-state index is 10.1. The Labute approximate surface area is 120 Å². The van der Waals surface area contributed by atoms with Gasteiger partial charge < -0.3 is 14.3 Å². The van der Waals surface area contributed by atoms with Gasteiger partial charge in [0.2, 0.25) is 0 Å². The van der Waals surface area contributed by atoms with Gasteiger partial charge in [-0.25, -0.2) is 0 Å². The van der Waals surface area contributed by atoms with Gasteiger partial charge in [0.1, 0.15) is 25.0 Å². The molecule has 1 N–H and O–H groups in total. The maximum absolute atomic E-state index is 10.1. The molecule has 3 nitrogen and oxygen atoms in total. The minimum Gasteiger partial charge on any atom is -0.490 e. The number of nitrogens with zero attached hydrogens (tertiary/aromatic N) is 1. The van der Waals surface area contributed by atoms with Gasteiger partial charge in [0.15, 0.2) is 0 Å². The predicted molar refractivity (Wildman–Crippen MR) is 77.7 cm³/mol. The molecule has 1 fully saturated rings. The molecule has 0 aliphatic carbocycles. The van der Waals surface area contributed by atoms with Crippen molar-refractivity contribution in [3.8, 4) is 5.75 Å². The number of ether oxygens (including phenoxy) is 1. The Morgan fingerprint density at radius 3 is 2.68 bits per heavy atom. The van der Waals surface area contributed by atoms with Crippen molar-refractivity contribution in [2.24, 2.45) is 0 Å². The number of rotatable bonds is 5. The van der Waals surface area contributed by atoms with E-state index in [9.17, 15) is 5.11 Å². The lowest BCUT2D eigenvalue weighted by atomic mass is 10.2. The Morgan fingerprint density at radius 2 is 2.05 bits per heavy atom. The number of quaternary nitrogens is 1. The molecule has 4 heteroatoms. The van der Waals surface area contributed by atoms with E-state index in [0.29, 0.717) is 11.6 Å². The summed E-state index contributed by atoms with van der Waals surface area (Å²) in [5, 5.41) is 10.8. The normalized spacial score (nSPS) is 19.4. The van der Waals surface area contributed by atoms with E-state index < -0.39 is 6.10 Å². The fraction of sp³-hybridized carbons (Fsp3) is 0.600.